The second-order valence-electron chi connectivity index (χ2n) is 4.37. The van der Waals surface area contributed by atoms with Crippen molar-refractivity contribution >= 4 is 5.78 Å². The molecule has 0 fully saturated rings. The predicted molar refractivity (Wildman–Crippen MR) is 66.0 cm³/mol. The smallest absolute Gasteiger partial charge is 0.289 e. The lowest BCUT2D eigenvalue weighted by molar-refractivity contribution is -0.137. The number of rotatable bonds is 2. The molecule has 0 N–H and O–H groups in total. The van der Waals surface area contributed by atoms with Crippen LogP contribution < -0.4 is 0 Å². The monoisotopic (exact) mass is 282 g/mol. The maximum Gasteiger partial charge on any atom is 0.416 e. The lowest BCUT2D eigenvalue weighted by Gasteiger charge is -2.08. The molecule has 104 valence electrons. The molecule has 0 unspecified atom stereocenters. The van der Waals surface area contributed by atoms with Crippen LogP contribution in [-0.2, 0) is 6.18 Å². The lowest BCUT2D eigenvalue weighted by atomic mass is 10.00. The molecule has 0 aliphatic rings. The molecule has 20 heavy (non-hydrogen) atoms. The maximum absolute atomic E-state index is 13.1. The topological polar surface area (TPSA) is 17.1 Å². The first-order valence-corrected chi connectivity index (χ1v) is 5.77. The zero-order valence-electron chi connectivity index (χ0n) is 10.5. The highest BCUT2D eigenvalue weighted by Gasteiger charge is 2.30. The van der Waals surface area contributed by atoms with Gasteiger partial charge in [-0.3, -0.25) is 4.79 Å². The molecule has 0 saturated heterocycles. The third kappa shape index (κ3) is 2.87. The van der Waals surface area contributed by atoms with Crippen molar-refractivity contribution in [2.45, 2.75) is 13.1 Å². The summed E-state index contributed by atoms with van der Waals surface area (Å²) >= 11 is 0. The Bertz CT molecular complexity index is 659. The molecule has 0 aliphatic carbocycles. The zero-order chi connectivity index (χ0) is 14.9. The van der Waals surface area contributed by atoms with E-state index in [1.807, 2.05) is 0 Å². The van der Waals surface area contributed by atoms with Crippen LogP contribution in [0.3, 0.4) is 0 Å². The summed E-state index contributed by atoms with van der Waals surface area (Å²) in [5.41, 5.74) is -0.543. The normalized spacial score (nSPS) is 11.4. The SMILES string of the molecule is Cc1cc(C(=O)c2cccc(C(F)(F)F)c2)ccc1F. The summed E-state index contributed by atoms with van der Waals surface area (Å²) in [7, 11) is 0. The quantitative estimate of drug-likeness (QED) is 0.590. The molecule has 0 saturated carbocycles. The Balaban J connectivity index is 2.41. The van der Waals surface area contributed by atoms with Crippen LogP contribution >= 0.6 is 0 Å². The van der Waals surface area contributed by atoms with Gasteiger partial charge in [0.2, 0.25) is 0 Å². The van der Waals surface area contributed by atoms with E-state index in [1.54, 1.807) is 0 Å². The largest absolute Gasteiger partial charge is 0.416 e. The number of alkyl halides is 3. The van der Waals surface area contributed by atoms with Gasteiger partial charge >= 0.3 is 6.18 Å². The number of carbonyl (C=O) groups is 1. The standard InChI is InChI=1S/C15H10F4O/c1-9-7-11(5-6-13(9)16)14(20)10-3-2-4-12(8-10)15(17,18)19/h2-8H,1H3. The summed E-state index contributed by atoms with van der Waals surface area (Å²) in [5, 5.41) is 0. The summed E-state index contributed by atoms with van der Waals surface area (Å²) in [6.45, 7) is 1.48. The Morgan fingerprint density at radius 1 is 1.00 bits per heavy atom. The van der Waals surface area contributed by atoms with Gasteiger partial charge in [0.15, 0.2) is 5.78 Å². The van der Waals surface area contributed by atoms with Gasteiger partial charge in [-0.05, 0) is 42.8 Å². The average molecular weight is 282 g/mol. The number of aryl methyl sites for hydroxylation is 1. The molecule has 0 aromatic heterocycles. The fourth-order valence-corrected chi connectivity index (χ4v) is 1.79. The highest BCUT2D eigenvalue weighted by molar-refractivity contribution is 6.09. The first kappa shape index (κ1) is 14.2. The van der Waals surface area contributed by atoms with Crippen molar-refractivity contribution in [3.63, 3.8) is 0 Å². The molecule has 0 atom stereocenters. The molecule has 2 aromatic rings. The first-order chi connectivity index (χ1) is 9.29. The molecule has 0 spiro atoms. The minimum Gasteiger partial charge on any atom is -0.289 e. The highest BCUT2D eigenvalue weighted by atomic mass is 19.4. The highest BCUT2D eigenvalue weighted by Crippen LogP contribution is 2.30. The van der Waals surface area contributed by atoms with E-state index in [1.165, 1.54) is 31.2 Å². The number of benzene rings is 2. The van der Waals surface area contributed by atoms with E-state index < -0.39 is 23.3 Å². The molecule has 0 heterocycles. The van der Waals surface area contributed by atoms with Crippen LogP contribution in [-0.4, -0.2) is 5.78 Å². The minimum absolute atomic E-state index is 0.0779. The van der Waals surface area contributed by atoms with Crippen LogP contribution in [0.15, 0.2) is 42.5 Å². The molecule has 2 rings (SSSR count). The van der Waals surface area contributed by atoms with Crippen LogP contribution in [0.5, 0.6) is 0 Å². The summed E-state index contributed by atoms with van der Waals surface area (Å²) in [5.74, 6) is -1.04. The molecule has 0 radical (unpaired) electrons. The van der Waals surface area contributed by atoms with Gasteiger partial charge in [0.1, 0.15) is 5.82 Å². The zero-order valence-corrected chi connectivity index (χ0v) is 10.5. The van der Waals surface area contributed by atoms with E-state index in [-0.39, 0.29) is 16.7 Å². The van der Waals surface area contributed by atoms with E-state index in [4.69, 9.17) is 0 Å². The maximum atomic E-state index is 13.1. The van der Waals surface area contributed by atoms with Crippen molar-refractivity contribution < 1.29 is 22.4 Å². The fourth-order valence-electron chi connectivity index (χ4n) is 1.79. The van der Waals surface area contributed by atoms with Crippen molar-refractivity contribution in [3.8, 4) is 0 Å². The van der Waals surface area contributed by atoms with Crippen LogP contribution in [0.25, 0.3) is 0 Å². The van der Waals surface area contributed by atoms with Crippen molar-refractivity contribution in [1.82, 2.24) is 0 Å². The Kier molecular flexibility index (Phi) is 3.61. The minimum atomic E-state index is -4.50. The third-order valence-corrected chi connectivity index (χ3v) is 2.87. The summed E-state index contributed by atoms with van der Waals surface area (Å²) in [6.07, 6.45) is -4.50. The van der Waals surface area contributed by atoms with Gasteiger partial charge in [0.05, 0.1) is 5.56 Å². The van der Waals surface area contributed by atoms with Crippen LogP contribution in [0.4, 0.5) is 17.6 Å². The van der Waals surface area contributed by atoms with Gasteiger partial charge in [-0.15, -0.1) is 0 Å². The first-order valence-electron chi connectivity index (χ1n) is 5.77. The molecule has 0 amide bonds. The van der Waals surface area contributed by atoms with Crippen LogP contribution in [0.2, 0.25) is 0 Å². The summed E-state index contributed by atoms with van der Waals surface area (Å²) in [6, 6.07) is 7.86. The Hall–Kier alpha value is -2.17. The van der Waals surface area contributed by atoms with Crippen LogP contribution in [0.1, 0.15) is 27.0 Å². The van der Waals surface area contributed by atoms with Gasteiger partial charge in [-0.25, -0.2) is 4.39 Å². The number of carbonyl (C=O) groups excluding carboxylic acids is 1. The summed E-state index contributed by atoms with van der Waals surface area (Å²) < 4.78 is 50.9. The second kappa shape index (κ2) is 5.07. The van der Waals surface area contributed by atoms with Gasteiger partial charge in [0, 0.05) is 11.1 Å². The predicted octanol–water partition coefficient (Wildman–Crippen LogP) is 4.38. The molecular weight excluding hydrogens is 272 g/mol. The van der Waals surface area contributed by atoms with E-state index in [2.05, 4.69) is 0 Å². The number of hydrogen-bond donors (Lipinski definition) is 0. The van der Waals surface area contributed by atoms with Gasteiger partial charge in [-0.1, -0.05) is 12.1 Å². The molecule has 2 aromatic carbocycles. The van der Waals surface area contributed by atoms with Crippen molar-refractivity contribution in [2.24, 2.45) is 0 Å². The van der Waals surface area contributed by atoms with E-state index in [0.717, 1.165) is 18.2 Å². The van der Waals surface area contributed by atoms with Crippen molar-refractivity contribution in [3.05, 3.63) is 70.5 Å². The fraction of sp³-hybridized carbons (Fsp3) is 0.133. The number of halogens is 4. The lowest BCUT2D eigenvalue weighted by Crippen LogP contribution is -2.08. The number of hydrogen-bond acceptors (Lipinski definition) is 1. The van der Waals surface area contributed by atoms with Gasteiger partial charge < -0.3 is 0 Å². The van der Waals surface area contributed by atoms with Gasteiger partial charge in [0.25, 0.3) is 0 Å². The molecule has 0 aliphatic heterocycles. The molecule has 0 bridgehead atoms. The second-order valence-corrected chi connectivity index (χ2v) is 4.37. The van der Waals surface area contributed by atoms with E-state index >= 15 is 0 Å². The van der Waals surface area contributed by atoms with E-state index in [0.29, 0.717) is 0 Å². The van der Waals surface area contributed by atoms with Crippen molar-refractivity contribution in [2.75, 3.05) is 0 Å². The van der Waals surface area contributed by atoms with Crippen molar-refractivity contribution in [1.29, 1.82) is 0 Å². The molecule has 1 nitrogen and oxygen atoms in total. The summed E-state index contributed by atoms with van der Waals surface area (Å²) in [4.78, 5) is 12.1. The Labute approximate surface area is 112 Å². The average Bonchev–Trinajstić information content (AvgIpc) is 2.40. The Morgan fingerprint density at radius 3 is 2.25 bits per heavy atom. The van der Waals surface area contributed by atoms with E-state index in [9.17, 15) is 22.4 Å². The molecular formula is C15H10F4O. The van der Waals surface area contributed by atoms with Gasteiger partial charge in [-0.2, -0.15) is 13.2 Å². The van der Waals surface area contributed by atoms with Crippen LogP contribution in [0, 0.1) is 12.7 Å². The Morgan fingerprint density at radius 2 is 1.65 bits per heavy atom. The molecule has 5 heteroatoms. The number of ketones is 1. The third-order valence-electron chi connectivity index (χ3n) is 2.87.